The molecule has 6 heteroatoms. The van der Waals surface area contributed by atoms with Crippen molar-refractivity contribution in [3.8, 4) is 5.75 Å². The molecule has 0 aliphatic carbocycles. The Morgan fingerprint density at radius 2 is 1.73 bits per heavy atom. The Kier molecular flexibility index (Phi) is 4.70. The van der Waals surface area contributed by atoms with Crippen molar-refractivity contribution in [2.45, 2.75) is 12.6 Å². The van der Waals surface area contributed by atoms with E-state index < -0.39 is 11.7 Å². The first-order chi connectivity index (χ1) is 10.4. The minimum atomic E-state index is -4.38. The number of hydrogen-bond donors (Lipinski definition) is 1. The number of ether oxygens (including phenoxy) is 1. The van der Waals surface area contributed by atoms with Crippen molar-refractivity contribution >= 4 is 11.6 Å². The molecule has 0 aliphatic heterocycles. The second-order valence-corrected chi connectivity index (χ2v) is 4.62. The summed E-state index contributed by atoms with van der Waals surface area (Å²) in [5.41, 5.74) is 0.281. The summed E-state index contributed by atoms with van der Waals surface area (Å²) in [7, 11) is 1.49. The zero-order chi connectivity index (χ0) is 16.2. The lowest BCUT2D eigenvalue weighted by atomic mass is 10.1. The standard InChI is InChI=1S/C16H14F3NO2/c1-22-14-5-3-2-4-13(14)20-15(21)10-11-6-8-12(9-7-11)16(17,18)19/h2-9H,10H2,1H3,(H,20,21). The fourth-order valence-corrected chi connectivity index (χ4v) is 1.94. The van der Waals surface area contributed by atoms with Gasteiger partial charge in [0.25, 0.3) is 0 Å². The summed E-state index contributed by atoms with van der Waals surface area (Å²) >= 11 is 0. The molecule has 2 aromatic rings. The van der Waals surface area contributed by atoms with Crippen molar-refractivity contribution in [1.82, 2.24) is 0 Å². The van der Waals surface area contributed by atoms with Crippen LogP contribution in [0.15, 0.2) is 48.5 Å². The number of anilines is 1. The monoisotopic (exact) mass is 309 g/mol. The minimum Gasteiger partial charge on any atom is -0.495 e. The molecule has 0 radical (unpaired) electrons. The fourth-order valence-electron chi connectivity index (χ4n) is 1.94. The van der Waals surface area contributed by atoms with E-state index in [2.05, 4.69) is 5.32 Å². The Morgan fingerprint density at radius 1 is 1.09 bits per heavy atom. The van der Waals surface area contributed by atoms with Crippen LogP contribution in [-0.2, 0) is 17.4 Å². The summed E-state index contributed by atoms with van der Waals surface area (Å²) in [4.78, 5) is 11.9. The predicted molar refractivity (Wildman–Crippen MR) is 76.8 cm³/mol. The van der Waals surface area contributed by atoms with Crippen LogP contribution in [0.5, 0.6) is 5.75 Å². The molecule has 0 atom stereocenters. The summed E-state index contributed by atoms with van der Waals surface area (Å²) in [5.74, 6) is 0.188. The first-order valence-electron chi connectivity index (χ1n) is 6.49. The Hall–Kier alpha value is -2.50. The molecule has 0 unspecified atom stereocenters. The molecule has 0 saturated heterocycles. The smallest absolute Gasteiger partial charge is 0.416 e. The Balaban J connectivity index is 2.03. The van der Waals surface area contributed by atoms with Crippen molar-refractivity contribution in [1.29, 1.82) is 0 Å². The van der Waals surface area contributed by atoms with Gasteiger partial charge in [-0.05, 0) is 29.8 Å². The van der Waals surface area contributed by atoms with Gasteiger partial charge in [-0.25, -0.2) is 0 Å². The average molecular weight is 309 g/mol. The lowest BCUT2D eigenvalue weighted by molar-refractivity contribution is -0.137. The maximum Gasteiger partial charge on any atom is 0.416 e. The van der Waals surface area contributed by atoms with Crippen molar-refractivity contribution in [3.63, 3.8) is 0 Å². The van der Waals surface area contributed by atoms with Crippen LogP contribution in [0.1, 0.15) is 11.1 Å². The third-order valence-corrected chi connectivity index (χ3v) is 3.03. The molecule has 1 N–H and O–H groups in total. The average Bonchev–Trinajstić information content (AvgIpc) is 2.47. The lowest BCUT2D eigenvalue weighted by Crippen LogP contribution is -2.15. The quantitative estimate of drug-likeness (QED) is 0.930. The maximum absolute atomic E-state index is 12.5. The number of carbonyl (C=O) groups excluding carboxylic acids is 1. The van der Waals surface area contributed by atoms with Gasteiger partial charge in [0.1, 0.15) is 5.75 Å². The zero-order valence-corrected chi connectivity index (χ0v) is 11.8. The van der Waals surface area contributed by atoms with E-state index in [-0.39, 0.29) is 12.3 Å². The van der Waals surface area contributed by atoms with Gasteiger partial charge < -0.3 is 10.1 Å². The molecule has 116 valence electrons. The van der Waals surface area contributed by atoms with Crippen molar-refractivity contribution in [2.24, 2.45) is 0 Å². The molecule has 22 heavy (non-hydrogen) atoms. The molecular formula is C16H14F3NO2. The molecule has 0 spiro atoms. The highest BCUT2D eigenvalue weighted by atomic mass is 19.4. The molecule has 0 aromatic heterocycles. The number of amides is 1. The van der Waals surface area contributed by atoms with Gasteiger partial charge in [-0.2, -0.15) is 13.2 Å². The van der Waals surface area contributed by atoms with Crippen LogP contribution in [0.2, 0.25) is 0 Å². The van der Waals surface area contributed by atoms with E-state index in [1.807, 2.05) is 0 Å². The number of hydrogen-bond acceptors (Lipinski definition) is 2. The number of halogens is 3. The highest BCUT2D eigenvalue weighted by molar-refractivity contribution is 5.93. The zero-order valence-electron chi connectivity index (χ0n) is 11.8. The molecule has 1 amide bonds. The van der Waals surface area contributed by atoms with E-state index in [1.54, 1.807) is 24.3 Å². The van der Waals surface area contributed by atoms with E-state index in [0.29, 0.717) is 17.0 Å². The van der Waals surface area contributed by atoms with Gasteiger partial charge in [-0.1, -0.05) is 24.3 Å². The number of alkyl halides is 3. The second-order valence-electron chi connectivity index (χ2n) is 4.62. The van der Waals surface area contributed by atoms with E-state index >= 15 is 0 Å². The molecule has 0 heterocycles. The van der Waals surface area contributed by atoms with Crippen molar-refractivity contribution in [2.75, 3.05) is 12.4 Å². The summed E-state index contributed by atoms with van der Waals surface area (Å²) in [5, 5.41) is 2.67. The lowest BCUT2D eigenvalue weighted by Gasteiger charge is -2.10. The normalized spacial score (nSPS) is 11.1. The van der Waals surface area contributed by atoms with Crippen LogP contribution in [0.25, 0.3) is 0 Å². The maximum atomic E-state index is 12.5. The first kappa shape index (κ1) is 15.9. The first-order valence-corrected chi connectivity index (χ1v) is 6.49. The second kappa shape index (κ2) is 6.51. The number of methoxy groups -OCH3 is 1. The number of rotatable bonds is 4. The third kappa shape index (κ3) is 4.00. The van der Waals surface area contributed by atoms with Crippen LogP contribution in [0.3, 0.4) is 0 Å². The number of benzene rings is 2. The SMILES string of the molecule is COc1ccccc1NC(=O)Cc1ccc(C(F)(F)F)cc1. The van der Waals surface area contributed by atoms with Crippen LogP contribution < -0.4 is 10.1 Å². The van der Waals surface area contributed by atoms with Crippen LogP contribution >= 0.6 is 0 Å². The Morgan fingerprint density at radius 3 is 2.32 bits per heavy atom. The molecule has 0 aliphatic rings. The van der Waals surface area contributed by atoms with Gasteiger partial charge in [-0.15, -0.1) is 0 Å². The molecular weight excluding hydrogens is 295 g/mol. The van der Waals surface area contributed by atoms with E-state index in [4.69, 9.17) is 4.74 Å². The molecule has 0 fully saturated rings. The molecule has 2 rings (SSSR count). The molecule has 3 nitrogen and oxygen atoms in total. The van der Waals surface area contributed by atoms with Crippen molar-refractivity contribution in [3.05, 3.63) is 59.7 Å². The van der Waals surface area contributed by atoms with E-state index in [0.717, 1.165) is 12.1 Å². The highest BCUT2D eigenvalue weighted by Gasteiger charge is 2.29. The molecule has 0 bridgehead atoms. The summed E-state index contributed by atoms with van der Waals surface area (Å²) in [6.45, 7) is 0. The van der Waals surface area contributed by atoms with Crippen LogP contribution in [0.4, 0.5) is 18.9 Å². The number of nitrogens with one attached hydrogen (secondary N) is 1. The van der Waals surface area contributed by atoms with Gasteiger partial charge in [-0.3, -0.25) is 4.79 Å². The fraction of sp³-hybridized carbons (Fsp3) is 0.188. The van der Waals surface area contributed by atoms with Gasteiger partial charge in [0, 0.05) is 0 Å². The van der Waals surface area contributed by atoms with E-state index in [1.165, 1.54) is 19.2 Å². The summed E-state index contributed by atoms with van der Waals surface area (Å²) in [6, 6.07) is 11.4. The Labute approximate surface area is 125 Å². The van der Waals surface area contributed by atoms with Crippen LogP contribution in [0, 0.1) is 0 Å². The largest absolute Gasteiger partial charge is 0.495 e. The van der Waals surface area contributed by atoms with Gasteiger partial charge in [0.05, 0.1) is 24.8 Å². The highest BCUT2D eigenvalue weighted by Crippen LogP contribution is 2.29. The third-order valence-electron chi connectivity index (χ3n) is 3.03. The van der Waals surface area contributed by atoms with Gasteiger partial charge in [0.2, 0.25) is 5.91 Å². The van der Waals surface area contributed by atoms with Gasteiger partial charge >= 0.3 is 6.18 Å². The predicted octanol–water partition coefficient (Wildman–Crippen LogP) is 3.90. The Bertz CT molecular complexity index is 651. The minimum absolute atomic E-state index is 0.0177. The summed E-state index contributed by atoms with van der Waals surface area (Å²) in [6.07, 6.45) is -4.39. The van der Waals surface area contributed by atoms with E-state index in [9.17, 15) is 18.0 Å². The van der Waals surface area contributed by atoms with Gasteiger partial charge in [0.15, 0.2) is 0 Å². The van der Waals surface area contributed by atoms with Crippen molar-refractivity contribution < 1.29 is 22.7 Å². The summed E-state index contributed by atoms with van der Waals surface area (Å²) < 4.78 is 42.5. The topological polar surface area (TPSA) is 38.3 Å². The van der Waals surface area contributed by atoms with Crippen LogP contribution in [-0.4, -0.2) is 13.0 Å². The molecule has 0 saturated carbocycles. The molecule has 2 aromatic carbocycles. The number of para-hydroxylation sites is 2. The number of carbonyl (C=O) groups is 1.